The van der Waals surface area contributed by atoms with Crippen molar-refractivity contribution in [3.8, 4) is 0 Å². The third kappa shape index (κ3) is 3.37. The first kappa shape index (κ1) is 15.8. The lowest BCUT2D eigenvalue weighted by Crippen LogP contribution is -2.37. The Hall–Kier alpha value is -1.56. The first-order valence-electron chi connectivity index (χ1n) is 7.95. The molecule has 0 heteroatoms. The topological polar surface area (TPSA) is 0 Å². The maximum absolute atomic E-state index is 2.42. The highest BCUT2D eigenvalue weighted by molar-refractivity contribution is 5.30. The summed E-state index contributed by atoms with van der Waals surface area (Å²) in [4.78, 5) is 0. The van der Waals surface area contributed by atoms with E-state index in [9.17, 15) is 0 Å². The van der Waals surface area contributed by atoms with Crippen LogP contribution in [0.3, 0.4) is 0 Å². The fourth-order valence-electron chi connectivity index (χ4n) is 3.03. The molecule has 1 atom stereocenters. The summed E-state index contributed by atoms with van der Waals surface area (Å²) in [5, 5.41) is 0. The van der Waals surface area contributed by atoms with Crippen molar-refractivity contribution in [1.82, 2.24) is 0 Å². The van der Waals surface area contributed by atoms with E-state index in [4.69, 9.17) is 0 Å². The van der Waals surface area contributed by atoms with Gasteiger partial charge < -0.3 is 0 Å². The monoisotopic (exact) mass is 280 g/mol. The zero-order valence-corrected chi connectivity index (χ0v) is 14.1. The van der Waals surface area contributed by atoms with Gasteiger partial charge in [0.15, 0.2) is 0 Å². The molecule has 0 aromatic heterocycles. The van der Waals surface area contributed by atoms with Crippen LogP contribution in [0.15, 0.2) is 54.6 Å². The van der Waals surface area contributed by atoms with Gasteiger partial charge in [-0.15, -0.1) is 0 Å². The molecule has 0 unspecified atom stereocenters. The molecular weight excluding hydrogens is 252 g/mol. The molecule has 0 aliphatic rings. The van der Waals surface area contributed by atoms with Gasteiger partial charge in [0.1, 0.15) is 0 Å². The summed E-state index contributed by atoms with van der Waals surface area (Å²) < 4.78 is 0. The fourth-order valence-corrected chi connectivity index (χ4v) is 3.03. The summed E-state index contributed by atoms with van der Waals surface area (Å²) in [6.07, 6.45) is 2.31. The number of hydrogen-bond acceptors (Lipinski definition) is 0. The van der Waals surface area contributed by atoms with Gasteiger partial charge in [0.2, 0.25) is 0 Å². The van der Waals surface area contributed by atoms with E-state index in [0.717, 1.165) is 6.42 Å². The zero-order valence-electron chi connectivity index (χ0n) is 14.1. The molecule has 0 saturated carbocycles. The molecule has 0 nitrogen and oxygen atoms in total. The molecule has 0 aliphatic carbocycles. The van der Waals surface area contributed by atoms with Crippen LogP contribution in [0.25, 0.3) is 0 Å². The van der Waals surface area contributed by atoms with Crippen molar-refractivity contribution in [3.05, 3.63) is 71.3 Å². The quantitative estimate of drug-likeness (QED) is 0.651. The number of aryl methyl sites for hydroxylation is 2. The van der Waals surface area contributed by atoms with Gasteiger partial charge in [-0.2, -0.15) is 0 Å². The molecule has 0 radical (unpaired) electrons. The standard InChI is InChI=1S/C21H28/c1-17-11-9-10-12-18(17)15-16-21(5,20(2,3)4)19-13-7-6-8-14-19/h6-14H,15-16H2,1-5H3/t21-/m1/s1. The van der Waals surface area contributed by atoms with E-state index in [-0.39, 0.29) is 10.8 Å². The summed E-state index contributed by atoms with van der Waals surface area (Å²) in [6, 6.07) is 19.7. The molecule has 0 N–H and O–H groups in total. The molecule has 0 saturated heterocycles. The van der Waals surface area contributed by atoms with Crippen LogP contribution in [0.1, 0.15) is 50.8 Å². The van der Waals surface area contributed by atoms with Crippen LogP contribution in [0, 0.1) is 12.3 Å². The maximum atomic E-state index is 2.42. The van der Waals surface area contributed by atoms with Gasteiger partial charge in [0.25, 0.3) is 0 Å². The van der Waals surface area contributed by atoms with Gasteiger partial charge in [-0.1, -0.05) is 82.3 Å². The second-order valence-corrected chi connectivity index (χ2v) is 7.37. The molecule has 0 fully saturated rings. The fraction of sp³-hybridized carbons (Fsp3) is 0.429. The molecule has 112 valence electrons. The highest BCUT2D eigenvalue weighted by Gasteiger charge is 2.38. The summed E-state index contributed by atoms with van der Waals surface area (Å²) >= 11 is 0. The zero-order chi connectivity index (χ0) is 15.5. The molecule has 0 bridgehead atoms. The van der Waals surface area contributed by atoms with Crippen molar-refractivity contribution in [2.24, 2.45) is 5.41 Å². The highest BCUT2D eigenvalue weighted by Crippen LogP contribution is 2.44. The van der Waals surface area contributed by atoms with Crippen molar-refractivity contribution >= 4 is 0 Å². The largest absolute Gasteiger partial charge is 0.0622 e. The van der Waals surface area contributed by atoms with E-state index >= 15 is 0 Å². The SMILES string of the molecule is Cc1ccccc1CC[C@](C)(c1ccccc1)C(C)(C)C. The lowest BCUT2D eigenvalue weighted by atomic mass is 9.61. The van der Waals surface area contributed by atoms with E-state index in [1.165, 1.54) is 23.1 Å². The average molecular weight is 280 g/mol. The lowest BCUT2D eigenvalue weighted by molar-refractivity contribution is 0.189. The Labute approximate surface area is 130 Å². The lowest BCUT2D eigenvalue weighted by Gasteiger charge is -2.43. The minimum Gasteiger partial charge on any atom is -0.0622 e. The highest BCUT2D eigenvalue weighted by atomic mass is 14.4. The molecule has 0 aliphatic heterocycles. The Morgan fingerprint density at radius 2 is 1.33 bits per heavy atom. The smallest absolute Gasteiger partial charge is 0.00236 e. The summed E-state index contributed by atoms with van der Waals surface area (Å²) in [7, 11) is 0. The van der Waals surface area contributed by atoms with E-state index in [2.05, 4.69) is 89.2 Å². The van der Waals surface area contributed by atoms with Crippen LogP contribution in [0.4, 0.5) is 0 Å². The molecule has 2 aromatic carbocycles. The summed E-state index contributed by atoms with van der Waals surface area (Å²) in [6.45, 7) is 11.7. The Morgan fingerprint density at radius 3 is 1.90 bits per heavy atom. The molecule has 0 spiro atoms. The summed E-state index contributed by atoms with van der Waals surface area (Å²) in [5.41, 5.74) is 4.74. The van der Waals surface area contributed by atoms with E-state index in [0.29, 0.717) is 0 Å². The first-order chi connectivity index (χ1) is 9.84. The van der Waals surface area contributed by atoms with Crippen molar-refractivity contribution in [2.45, 2.75) is 52.9 Å². The predicted molar refractivity (Wildman–Crippen MR) is 92.7 cm³/mol. The van der Waals surface area contributed by atoms with Gasteiger partial charge in [-0.05, 0) is 47.3 Å². The normalized spacial score (nSPS) is 14.7. The molecule has 2 aromatic rings. The minimum atomic E-state index is 0.177. The van der Waals surface area contributed by atoms with E-state index in [1.54, 1.807) is 0 Å². The minimum absolute atomic E-state index is 0.177. The van der Waals surface area contributed by atoms with Gasteiger partial charge in [-0.25, -0.2) is 0 Å². The van der Waals surface area contributed by atoms with Crippen molar-refractivity contribution in [1.29, 1.82) is 0 Å². The molecule has 0 heterocycles. The van der Waals surface area contributed by atoms with E-state index in [1.807, 2.05) is 0 Å². The Kier molecular flexibility index (Phi) is 4.56. The average Bonchev–Trinajstić information content (AvgIpc) is 2.46. The number of rotatable bonds is 4. The van der Waals surface area contributed by atoms with E-state index < -0.39 is 0 Å². The predicted octanol–water partition coefficient (Wildman–Crippen LogP) is 5.93. The number of benzene rings is 2. The Balaban J connectivity index is 2.29. The van der Waals surface area contributed by atoms with Gasteiger partial charge in [0, 0.05) is 0 Å². The van der Waals surface area contributed by atoms with Crippen LogP contribution < -0.4 is 0 Å². The first-order valence-corrected chi connectivity index (χ1v) is 7.95. The Bertz CT molecular complexity index is 574. The van der Waals surface area contributed by atoms with Crippen molar-refractivity contribution in [3.63, 3.8) is 0 Å². The molecule has 21 heavy (non-hydrogen) atoms. The molecule has 0 amide bonds. The third-order valence-corrected chi connectivity index (χ3v) is 5.22. The summed E-state index contributed by atoms with van der Waals surface area (Å²) in [5.74, 6) is 0. The second-order valence-electron chi connectivity index (χ2n) is 7.37. The van der Waals surface area contributed by atoms with Crippen LogP contribution in [0.5, 0.6) is 0 Å². The van der Waals surface area contributed by atoms with Gasteiger partial charge in [0.05, 0.1) is 0 Å². The van der Waals surface area contributed by atoms with Crippen LogP contribution in [-0.2, 0) is 11.8 Å². The van der Waals surface area contributed by atoms with Gasteiger partial charge >= 0.3 is 0 Å². The van der Waals surface area contributed by atoms with Gasteiger partial charge in [-0.3, -0.25) is 0 Å². The molecular formula is C21H28. The van der Waals surface area contributed by atoms with Crippen molar-refractivity contribution in [2.75, 3.05) is 0 Å². The number of hydrogen-bond donors (Lipinski definition) is 0. The second kappa shape index (κ2) is 6.05. The van der Waals surface area contributed by atoms with Crippen LogP contribution in [0.2, 0.25) is 0 Å². The van der Waals surface area contributed by atoms with Crippen molar-refractivity contribution < 1.29 is 0 Å². The molecule has 2 rings (SSSR count). The van der Waals surface area contributed by atoms with Crippen LogP contribution >= 0.6 is 0 Å². The maximum Gasteiger partial charge on any atom is -0.00236 e. The Morgan fingerprint density at radius 1 is 0.762 bits per heavy atom. The third-order valence-electron chi connectivity index (χ3n) is 5.22. The van der Waals surface area contributed by atoms with Crippen LogP contribution in [-0.4, -0.2) is 0 Å².